The summed E-state index contributed by atoms with van der Waals surface area (Å²) < 4.78 is 5.53. The van der Waals surface area contributed by atoms with Crippen LogP contribution in [0.3, 0.4) is 0 Å². The topological polar surface area (TPSA) is 26.3 Å². The van der Waals surface area contributed by atoms with E-state index in [0.717, 1.165) is 10.0 Å². The summed E-state index contributed by atoms with van der Waals surface area (Å²) in [6.07, 6.45) is 0. The molecule has 3 heteroatoms. The number of carbonyl (C=O) groups is 1. The highest BCUT2D eigenvalue weighted by Gasteiger charge is 2.09. The quantitative estimate of drug-likeness (QED) is 0.720. The normalized spacial score (nSPS) is 8.64. The Hall–Kier alpha value is -0.830. The van der Waals surface area contributed by atoms with Gasteiger partial charge >= 0.3 is 5.97 Å². The first-order chi connectivity index (χ1) is 6.66. The zero-order chi connectivity index (χ0) is 11.1. The van der Waals surface area contributed by atoms with Crippen LogP contribution in [0.1, 0.15) is 29.8 Å². The van der Waals surface area contributed by atoms with E-state index in [1.165, 1.54) is 7.11 Å². The number of halogens is 1. The minimum Gasteiger partial charge on any atom is -0.465 e. The van der Waals surface area contributed by atoms with Gasteiger partial charge in [0.25, 0.3) is 0 Å². The zero-order valence-corrected chi connectivity index (χ0v) is 10.5. The van der Waals surface area contributed by atoms with Crippen LogP contribution in [0.25, 0.3) is 0 Å². The number of rotatable bonds is 1. The molecule has 0 fully saturated rings. The van der Waals surface area contributed by atoms with Gasteiger partial charge in [-0.05, 0) is 24.6 Å². The fraction of sp³-hybridized carbons (Fsp3) is 0.364. The van der Waals surface area contributed by atoms with E-state index in [1.807, 2.05) is 32.9 Å². The molecule has 1 rings (SSSR count). The van der Waals surface area contributed by atoms with E-state index in [1.54, 1.807) is 6.07 Å². The Bertz CT molecular complexity index is 308. The van der Waals surface area contributed by atoms with E-state index in [2.05, 4.69) is 20.7 Å². The third kappa shape index (κ3) is 3.14. The van der Waals surface area contributed by atoms with E-state index >= 15 is 0 Å². The SMILES string of the molecule is CC.COC(=O)c1cccc(Br)c1C. The van der Waals surface area contributed by atoms with E-state index in [0.29, 0.717) is 5.56 Å². The van der Waals surface area contributed by atoms with Gasteiger partial charge in [-0.25, -0.2) is 4.79 Å². The monoisotopic (exact) mass is 258 g/mol. The molecule has 0 atom stereocenters. The standard InChI is InChI=1S/C9H9BrO2.C2H6/c1-6-7(9(11)12-2)4-3-5-8(6)10;1-2/h3-5H,1-2H3;1-2H3. The van der Waals surface area contributed by atoms with Crippen molar-refractivity contribution in [2.45, 2.75) is 20.8 Å². The fourth-order valence-corrected chi connectivity index (χ4v) is 1.30. The third-order valence-corrected chi connectivity index (χ3v) is 2.53. The second-order valence-corrected chi connectivity index (χ2v) is 3.26. The molecule has 1 aromatic rings. The first-order valence-corrected chi connectivity index (χ1v) is 5.29. The Balaban J connectivity index is 0.000000791. The summed E-state index contributed by atoms with van der Waals surface area (Å²) in [4.78, 5) is 11.1. The minimum atomic E-state index is -0.297. The lowest BCUT2D eigenvalue weighted by Crippen LogP contribution is -2.03. The van der Waals surface area contributed by atoms with Crippen LogP contribution >= 0.6 is 15.9 Å². The highest BCUT2D eigenvalue weighted by molar-refractivity contribution is 9.10. The summed E-state index contributed by atoms with van der Waals surface area (Å²) in [5, 5.41) is 0. The average molecular weight is 259 g/mol. The van der Waals surface area contributed by atoms with Crippen molar-refractivity contribution in [3.8, 4) is 0 Å². The van der Waals surface area contributed by atoms with Crippen LogP contribution in [0, 0.1) is 6.92 Å². The van der Waals surface area contributed by atoms with Crippen molar-refractivity contribution < 1.29 is 9.53 Å². The minimum absolute atomic E-state index is 0.297. The van der Waals surface area contributed by atoms with Gasteiger partial charge in [-0.1, -0.05) is 35.8 Å². The van der Waals surface area contributed by atoms with Crippen LogP contribution in [0.4, 0.5) is 0 Å². The third-order valence-electron chi connectivity index (χ3n) is 1.67. The lowest BCUT2D eigenvalue weighted by atomic mass is 10.1. The van der Waals surface area contributed by atoms with Gasteiger partial charge in [0.05, 0.1) is 12.7 Å². The van der Waals surface area contributed by atoms with Crippen molar-refractivity contribution in [1.82, 2.24) is 0 Å². The Morgan fingerprint density at radius 1 is 1.36 bits per heavy atom. The fourth-order valence-electron chi connectivity index (χ4n) is 0.939. The number of methoxy groups -OCH3 is 1. The summed E-state index contributed by atoms with van der Waals surface area (Å²) in [5.41, 5.74) is 1.51. The largest absolute Gasteiger partial charge is 0.465 e. The van der Waals surface area contributed by atoms with Crippen molar-refractivity contribution in [2.24, 2.45) is 0 Å². The van der Waals surface area contributed by atoms with Crippen LogP contribution in [0.2, 0.25) is 0 Å². The van der Waals surface area contributed by atoms with Crippen LogP contribution < -0.4 is 0 Å². The second-order valence-electron chi connectivity index (χ2n) is 2.40. The first kappa shape index (κ1) is 13.2. The van der Waals surface area contributed by atoms with Gasteiger partial charge in [0.1, 0.15) is 0 Å². The van der Waals surface area contributed by atoms with Gasteiger partial charge in [-0.3, -0.25) is 0 Å². The number of esters is 1. The molecule has 0 saturated heterocycles. The number of hydrogen-bond acceptors (Lipinski definition) is 2. The summed E-state index contributed by atoms with van der Waals surface area (Å²) in [6.45, 7) is 5.87. The molecule has 0 amide bonds. The molecule has 0 aliphatic heterocycles. The molecule has 0 unspecified atom stereocenters. The second kappa shape index (κ2) is 6.60. The number of hydrogen-bond donors (Lipinski definition) is 0. The Morgan fingerprint density at radius 3 is 2.43 bits per heavy atom. The molecule has 0 N–H and O–H groups in total. The molecule has 2 nitrogen and oxygen atoms in total. The van der Waals surface area contributed by atoms with Crippen LogP contribution in [0.15, 0.2) is 22.7 Å². The molecular weight excluding hydrogens is 244 g/mol. The molecule has 0 saturated carbocycles. The van der Waals surface area contributed by atoms with E-state index in [-0.39, 0.29) is 5.97 Å². The molecule has 14 heavy (non-hydrogen) atoms. The number of ether oxygens (including phenoxy) is 1. The summed E-state index contributed by atoms with van der Waals surface area (Å²) >= 11 is 3.34. The van der Waals surface area contributed by atoms with Crippen molar-refractivity contribution in [2.75, 3.05) is 7.11 Å². The zero-order valence-electron chi connectivity index (χ0n) is 8.93. The molecule has 0 spiro atoms. The van der Waals surface area contributed by atoms with Crippen molar-refractivity contribution in [3.63, 3.8) is 0 Å². The molecule has 1 aromatic carbocycles. The predicted molar refractivity (Wildman–Crippen MR) is 61.6 cm³/mol. The number of carbonyl (C=O) groups excluding carboxylic acids is 1. The molecule has 0 aromatic heterocycles. The summed E-state index contributed by atoms with van der Waals surface area (Å²) in [6, 6.07) is 5.44. The van der Waals surface area contributed by atoms with Crippen molar-refractivity contribution in [1.29, 1.82) is 0 Å². The maximum absolute atomic E-state index is 11.1. The van der Waals surface area contributed by atoms with Gasteiger partial charge < -0.3 is 4.74 Å². The Labute approximate surface area is 93.4 Å². The van der Waals surface area contributed by atoms with Crippen molar-refractivity contribution in [3.05, 3.63) is 33.8 Å². The first-order valence-electron chi connectivity index (χ1n) is 4.50. The molecule has 0 radical (unpaired) electrons. The molecule has 0 bridgehead atoms. The Morgan fingerprint density at radius 2 is 1.93 bits per heavy atom. The van der Waals surface area contributed by atoms with Crippen LogP contribution in [0.5, 0.6) is 0 Å². The van der Waals surface area contributed by atoms with Gasteiger partial charge in [-0.2, -0.15) is 0 Å². The molecule has 0 heterocycles. The molecule has 0 aliphatic rings. The van der Waals surface area contributed by atoms with Crippen molar-refractivity contribution >= 4 is 21.9 Å². The maximum Gasteiger partial charge on any atom is 0.338 e. The summed E-state index contributed by atoms with van der Waals surface area (Å²) in [7, 11) is 1.38. The molecule has 78 valence electrons. The molecule has 0 aliphatic carbocycles. The smallest absolute Gasteiger partial charge is 0.338 e. The predicted octanol–water partition coefficient (Wildman–Crippen LogP) is 3.57. The van der Waals surface area contributed by atoms with E-state index in [4.69, 9.17) is 0 Å². The summed E-state index contributed by atoms with van der Waals surface area (Å²) in [5.74, 6) is -0.297. The highest BCUT2D eigenvalue weighted by atomic mass is 79.9. The van der Waals surface area contributed by atoms with Crippen LogP contribution in [-0.2, 0) is 4.74 Å². The van der Waals surface area contributed by atoms with Gasteiger partial charge in [0.15, 0.2) is 0 Å². The highest BCUT2D eigenvalue weighted by Crippen LogP contribution is 2.19. The van der Waals surface area contributed by atoms with Gasteiger partial charge in [0, 0.05) is 4.47 Å². The lowest BCUT2D eigenvalue weighted by molar-refractivity contribution is 0.0600. The van der Waals surface area contributed by atoms with Crippen LogP contribution in [-0.4, -0.2) is 13.1 Å². The van der Waals surface area contributed by atoms with Gasteiger partial charge in [-0.15, -0.1) is 0 Å². The Kier molecular flexibility index (Phi) is 6.21. The van der Waals surface area contributed by atoms with Gasteiger partial charge in [0.2, 0.25) is 0 Å². The van der Waals surface area contributed by atoms with E-state index < -0.39 is 0 Å². The maximum atomic E-state index is 11.1. The van der Waals surface area contributed by atoms with E-state index in [9.17, 15) is 4.79 Å². The average Bonchev–Trinajstić information content (AvgIpc) is 2.24. The molecular formula is C11H15BrO2. The number of benzene rings is 1. The lowest BCUT2D eigenvalue weighted by Gasteiger charge is -2.04.